The van der Waals surface area contributed by atoms with Gasteiger partial charge >= 0.3 is 0 Å². The highest BCUT2D eigenvalue weighted by molar-refractivity contribution is 9.10. The number of carbonyl (C=O) groups excluding carboxylic acids is 2. The Balaban J connectivity index is 2.06. The lowest BCUT2D eigenvalue weighted by atomic mass is 10.1. The number of methoxy groups -OCH3 is 1. The molecule has 0 aliphatic heterocycles. The molecular weight excluding hydrogens is 570 g/mol. The fourth-order valence-electron chi connectivity index (χ4n) is 4.06. The summed E-state index contributed by atoms with van der Waals surface area (Å²) in [6.45, 7) is 3.64. The molecule has 38 heavy (non-hydrogen) atoms. The SMILES string of the molecule is CCNC(=O)C(CC)N(Cc1cccc(OC)c1)C(=O)CN(c1cccc(Br)c1)S(=O)(=O)c1ccccc1. The van der Waals surface area contributed by atoms with Crippen LogP contribution in [0.1, 0.15) is 25.8 Å². The number of likely N-dealkylation sites (N-methyl/N-ethyl adjacent to an activating group) is 1. The van der Waals surface area contributed by atoms with Crippen molar-refractivity contribution >= 4 is 43.5 Å². The molecule has 1 atom stereocenters. The van der Waals surface area contributed by atoms with Gasteiger partial charge in [0, 0.05) is 17.6 Å². The summed E-state index contributed by atoms with van der Waals surface area (Å²) in [5.41, 5.74) is 1.07. The van der Waals surface area contributed by atoms with Crippen LogP contribution in [0, 0.1) is 0 Å². The highest BCUT2D eigenvalue weighted by atomic mass is 79.9. The highest BCUT2D eigenvalue weighted by Crippen LogP contribution is 2.27. The number of hydrogen-bond acceptors (Lipinski definition) is 5. The lowest BCUT2D eigenvalue weighted by molar-refractivity contribution is -0.140. The number of carbonyl (C=O) groups is 2. The average molecular weight is 603 g/mol. The van der Waals surface area contributed by atoms with E-state index in [0.717, 1.165) is 9.87 Å². The Morgan fingerprint density at radius 1 is 0.974 bits per heavy atom. The second-order valence-electron chi connectivity index (χ2n) is 8.50. The van der Waals surface area contributed by atoms with Crippen molar-refractivity contribution in [3.63, 3.8) is 0 Å². The molecule has 0 radical (unpaired) electrons. The monoisotopic (exact) mass is 601 g/mol. The van der Waals surface area contributed by atoms with E-state index in [0.29, 0.717) is 28.9 Å². The van der Waals surface area contributed by atoms with Gasteiger partial charge in [0.05, 0.1) is 17.7 Å². The lowest BCUT2D eigenvalue weighted by Crippen LogP contribution is -2.52. The third kappa shape index (κ3) is 7.14. The normalized spacial score (nSPS) is 11.9. The third-order valence-electron chi connectivity index (χ3n) is 5.93. The molecule has 0 aliphatic rings. The minimum Gasteiger partial charge on any atom is -0.497 e. The number of nitrogens with zero attached hydrogens (tertiary/aromatic N) is 2. The molecule has 202 valence electrons. The van der Waals surface area contributed by atoms with Crippen molar-refractivity contribution in [3.8, 4) is 5.75 Å². The van der Waals surface area contributed by atoms with Gasteiger partial charge in [0.1, 0.15) is 18.3 Å². The number of rotatable bonds is 12. The number of benzene rings is 3. The van der Waals surface area contributed by atoms with Crippen LogP contribution in [0.25, 0.3) is 0 Å². The Morgan fingerprint density at radius 3 is 2.32 bits per heavy atom. The molecule has 0 fully saturated rings. The van der Waals surface area contributed by atoms with E-state index in [1.807, 2.05) is 13.0 Å². The quantitative estimate of drug-likeness (QED) is 0.327. The first-order valence-electron chi connectivity index (χ1n) is 12.2. The van der Waals surface area contributed by atoms with E-state index in [1.54, 1.807) is 74.7 Å². The number of halogens is 1. The van der Waals surface area contributed by atoms with Gasteiger partial charge in [-0.2, -0.15) is 0 Å². The second-order valence-corrected chi connectivity index (χ2v) is 11.3. The van der Waals surface area contributed by atoms with Crippen LogP contribution in [0.5, 0.6) is 5.75 Å². The van der Waals surface area contributed by atoms with Gasteiger partial charge in [0.2, 0.25) is 11.8 Å². The number of nitrogens with one attached hydrogen (secondary N) is 1. The molecule has 0 aliphatic carbocycles. The van der Waals surface area contributed by atoms with Gasteiger partial charge in [0.25, 0.3) is 10.0 Å². The van der Waals surface area contributed by atoms with E-state index in [4.69, 9.17) is 4.74 Å². The van der Waals surface area contributed by atoms with E-state index in [9.17, 15) is 18.0 Å². The fourth-order valence-corrected chi connectivity index (χ4v) is 5.87. The van der Waals surface area contributed by atoms with E-state index in [2.05, 4.69) is 21.2 Å². The summed E-state index contributed by atoms with van der Waals surface area (Å²) in [6.07, 6.45) is 0.351. The Morgan fingerprint density at radius 2 is 1.68 bits per heavy atom. The summed E-state index contributed by atoms with van der Waals surface area (Å²) in [7, 11) is -2.55. The van der Waals surface area contributed by atoms with Crippen molar-refractivity contribution in [2.45, 2.75) is 37.8 Å². The van der Waals surface area contributed by atoms with Crippen LogP contribution in [-0.4, -0.2) is 51.4 Å². The van der Waals surface area contributed by atoms with Crippen molar-refractivity contribution in [1.29, 1.82) is 0 Å². The topological polar surface area (TPSA) is 96.0 Å². The molecule has 0 saturated carbocycles. The zero-order chi connectivity index (χ0) is 27.7. The molecule has 0 saturated heterocycles. The number of ether oxygens (including phenoxy) is 1. The summed E-state index contributed by atoms with van der Waals surface area (Å²) >= 11 is 3.40. The van der Waals surface area contributed by atoms with Gasteiger partial charge in [-0.3, -0.25) is 13.9 Å². The Hall–Kier alpha value is -3.37. The van der Waals surface area contributed by atoms with Crippen LogP contribution in [0.3, 0.4) is 0 Å². The van der Waals surface area contributed by atoms with E-state index >= 15 is 0 Å². The van der Waals surface area contributed by atoms with Gasteiger partial charge < -0.3 is 15.0 Å². The van der Waals surface area contributed by atoms with Crippen LogP contribution < -0.4 is 14.4 Å². The van der Waals surface area contributed by atoms with Gasteiger partial charge in [-0.1, -0.05) is 59.3 Å². The summed E-state index contributed by atoms with van der Waals surface area (Å²) in [4.78, 5) is 28.4. The van der Waals surface area contributed by atoms with E-state index < -0.39 is 28.5 Å². The molecule has 2 amide bonds. The predicted molar refractivity (Wildman–Crippen MR) is 151 cm³/mol. The number of amides is 2. The zero-order valence-electron chi connectivity index (χ0n) is 21.6. The van der Waals surface area contributed by atoms with Crippen molar-refractivity contribution in [1.82, 2.24) is 10.2 Å². The van der Waals surface area contributed by atoms with Crippen LogP contribution in [0.15, 0.2) is 88.2 Å². The maximum absolute atomic E-state index is 14.0. The fraction of sp³-hybridized carbons (Fsp3) is 0.286. The number of sulfonamides is 1. The molecule has 8 nitrogen and oxygen atoms in total. The second kappa shape index (κ2) is 13.4. The van der Waals surface area contributed by atoms with Gasteiger partial charge in [0.15, 0.2) is 0 Å². The molecule has 10 heteroatoms. The van der Waals surface area contributed by atoms with Gasteiger partial charge in [-0.15, -0.1) is 0 Å². The number of anilines is 1. The molecule has 3 rings (SSSR count). The minimum atomic E-state index is -4.10. The van der Waals surface area contributed by atoms with Crippen LogP contribution in [0.4, 0.5) is 5.69 Å². The lowest BCUT2D eigenvalue weighted by Gasteiger charge is -2.33. The molecule has 0 aromatic heterocycles. The van der Waals surface area contributed by atoms with E-state index in [-0.39, 0.29) is 17.3 Å². The average Bonchev–Trinajstić information content (AvgIpc) is 2.92. The standard InChI is InChI=1S/C28H32BrN3O5S/c1-4-26(28(34)30-5-2)31(19-21-11-9-14-24(17-21)37-3)27(33)20-32(23-13-10-12-22(29)18-23)38(35,36)25-15-7-6-8-16-25/h6-18,26H,4-5,19-20H2,1-3H3,(H,30,34). The first-order valence-corrected chi connectivity index (χ1v) is 14.5. The summed E-state index contributed by atoms with van der Waals surface area (Å²) in [5.74, 6) is -0.194. The maximum atomic E-state index is 14.0. The molecular formula is C28H32BrN3O5S. The Labute approximate surface area is 232 Å². The minimum absolute atomic E-state index is 0.0582. The van der Waals surface area contributed by atoms with Gasteiger partial charge in [-0.25, -0.2) is 8.42 Å². The summed E-state index contributed by atoms with van der Waals surface area (Å²) in [6, 6.07) is 21.1. The molecule has 0 heterocycles. The molecule has 1 unspecified atom stereocenters. The van der Waals surface area contributed by atoms with E-state index in [1.165, 1.54) is 17.0 Å². The molecule has 0 bridgehead atoms. The largest absolute Gasteiger partial charge is 0.497 e. The Bertz CT molecular complexity index is 1350. The molecule has 1 N–H and O–H groups in total. The van der Waals surface area contributed by atoms with Crippen molar-refractivity contribution in [3.05, 3.63) is 88.9 Å². The number of hydrogen-bond donors (Lipinski definition) is 1. The maximum Gasteiger partial charge on any atom is 0.264 e. The first-order chi connectivity index (χ1) is 18.2. The van der Waals surface area contributed by atoms with Crippen molar-refractivity contribution < 1.29 is 22.7 Å². The summed E-state index contributed by atoms with van der Waals surface area (Å²) in [5, 5.41) is 2.79. The van der Waals surface area contributed by atoms with Crippen molar-refractivity contribution in [2.24, 2.45) is 0 Å². The van der Waals surface area contributed by atoms with Crippen LogP contribution in [-0.2, 0) is 26.2 Å². The highest BCUT2D eigenvalue weighted by Gasteiger charge is 2.33. The van der Waals surface area contributed by atoms with Gasteiger partial charge in [-0.05, 0) is 61.4 Å². The molecule has 3 aromatic carbocycles. The molecule has 3 aromatic rings. The predicted octanol–water partition coefficient (Wildman–Crippen LogP) is 4.60. The van der Waals surface area contributed by atoms with Crippen LogP contribution >= 0.6 is 15.9 Å². The van der Waals surface area contributed by atoms with Crippen LogP contribution in [0.2, 0.25) is 0 Å². The third-order valence-corrected chi connectivity index (χ3v) is 8.21. The summed E-state index contributed by atoms with van der Waals surface area (Å²) < 4.78 is 34.6. The Kier molecular flexibility index (Phi) is 10.3. The van der Waals surface area contributed by atoms with Crippen molar-refractivity contribution in [2.75, 3.05) is 24.5 Å². The zero-order valence-corrected chi connectivity index (χ0v) is 24.0. The first kappa shape index (κ1) is 29.2. The molecule has 0 spiro atoms. The smallest absolute Gasteiger partial charge is 0.264 e.